The molecule has 1 unspecified atom stereocenters. The molecule has 0 saturated carbocycles. The SMILES string of the molecule is CSc1ccc(C(=O)N2CCCC(N(C)CCc3ccccc3)C2)cc1. The molecule has 2 aromatic carbocycles. The number of thioether (sulfide) groups is 1. The van der Waals surface area contributed by atoms with Gasteiger partial charge in [0.15, 0.2) is 0 Å². The van der Waals surface area contributed by atoms with Crippen molar-refractivity contribution in [3.05, 3.63) is 65.7 Å². The van der Waals surface area contributed by atoms with Gasteiger partial charge >= 0.3 is 0 Å². The highest BCUT2D eigenvalue weighted by molar-refractivity contribution is 7.98. The van der Waals surface area contributed by atoms with E-state index in [0.29, 0.717) is 6.04 Å². The second-order valence-corrected chi connectivity index (χ2v) is 7.87. The Morgan fingerprint density at radius 3 is 2.58 bits per heavy atom. The monoisotopic (exact) mass is 368 g/mol. The molecule has 1 atom stereocenters. The number of hydrogen-bond acceptors (Lipinski definition) is 3. The van der Waals surface area contributed by atoms with E-state index in [2.05, 4.69) is 48.5 Å². The van der Waals surface area contributed by atoms with Gasteiger partial charge in [-0.3, -0.25) is 4.79 Å². The van der Waals surface area contributed by atoms with E-state index in [9.17, 15) is 4.79 Å². The Balaban J connectivity index is 1.56. The third-order valence-corrected chi connectivity index (χ3v) is 5.98. The van der Waals surface area contributed by atoms with Gasteiger partial charge in [-0.05, 0) is 62.4 Å². The molecule has 0 aliphatic carbocycles. The molecule has 3 rings (SSSR count). The van der Waals surface area contributed by atoms with Gasteiger partial charge in [0.25, 0.3) is 5.91 Å². The molecule has 26 heavy (non-hydrogen) atoms. The topological polar surface area (TPSA) is 23.6 Å². The average Bonchev–Trinajstić information content (AvgIpc) is 2.72. The number of amides is 1. The van der Waals surface area contributed by atoms with E-state index < -0.39 is 0 Å². The summed E-state index contributed by atoms with van der Waals surface area (Å²) in [5.74, 6) is 0.166. The highest BCUT2D eigenvalue weighted by Gasteiger charge is 2.26. The van der Waals surface area contributed by atoms with Gasteiger partial charge < -0.3 is 9.80 Å². The van der Waals surface area contributed by atoms with Gasteiger partial charge in [-0.1, -0.05) is 30.3 Å². The molecule has 1 aliphatic heterocycles. The number of piperidine rings is 1. The first-order chi connectivity index (χ1) is 12.7. The average molecular weight is 369 g/mol. The van der Waals surface area contributed by atoms with Gasteiger partial charge in [0.1, 0.15) is 0 Å². The third-order valence-electron chi connectivity index (χ3n) is 5.24. The standard InChI is InChI=1S/C22H28N2OS/c1-23(16-14-18-7-4-3-5-8-18)20-9-6-15-24(17-20)22(25)19-10-12-21(26-2)13-11-19/h3-5,7-8,10-13,20H,6,9,14-17H2,1-2H3. The minimum atomic E-state index is 0.166. The Morgan fingerprint density at radius 1 is 1.15 bits per heavy atom. The molecule has 1 heterocycles. The maximum atomic E-state index is 12.8. The summed E-state index contributed by atoms with van der Waals surface area (Å²) >= 11 is 1.70. The molecule has 0 spiro atoms. The van der Waals surface area contributed by atoms with Crippen molar-refractivity contribution in [3.8, 4) is 0 Å². The fourth-order valence-electron chi connectivity index (χ4n) is 3.55. The number of hydrogen-bond donors (Lipinski definition) is 0. The summed E-state index contributed by atoms with van der Waals surface area (Å²) in [4.78, 5) is 18.5. The van der Waals surface area contributed by atoms with Crippen LogP contribution >= 0.6 is 11.8 Å². The van der Waals surface area contributed by atoms with Crippen LogP contribution in [0.5, 0.6) is 0 Å². The van der Waals surface area contributed by atoms with E-state index >= 15 is 0 Å². The molecule has 0 N–H and O–H groups in total. The first-order valence-electron chi connectivity index (χ1n) is 9.35. The van der Waals surface area contributed by atoms with Crippen LogP contribution in [0.2, 0.25) is 0 Å². The minimum absolute atomic E-state index is 0.166. The van der Waals surface area contributed by atoms with E-state index in [4.69, 9.17) is 0 Å². The number of carbonyl (C=O) groups is 1. The molecule has 0 aromatic heterocycles. The summed E-state index contributed by atoms with van der Waals surface area (Å²) in [6.07, 6.45) is 5.35. The zero-order chi connectivity index (χ0) is 18.4. The van der Waals surface area contributed by atoms with Crippen LogP contribution in [-0.4, -0.2) is 54.7 Å². The minimum Gasteiger partial charge on any atom is -0.337 e. The molecule has 0 radical (unpaired) electrons. The maximum Gasteiger partial charge on any atom is 0.253 e. The first kappa shape index (κ1) is 19.0. The van der Waals surface area contributed by atoms with Gasteiger partial charge in [0.2, 0.25) is 0 Å². The van der Waals surface area contributed by atoms with E-state index in [0.717, 1.165) is 38.0 Å². The zero-order valence-electron chi connectivity index (χ0n) is 15.7. The number of likely N-dealkylation sites (N-methyl/N-ethyl adjacent to an activating group) is 1. The Bertz CT molecular complexity index is 702. The number of benzene rings is 2. The Kier molecular flexibility index (Phi) is 6.75. The fourth-order valence-corrected chi connectivity index (χ4v) is 3.96. The normalized spacial score (nSPS) is 17.5. The lowest BCUT2D eigenvalue weighted by Crippen LogP contribution is -2.49. The molecular weight excluding hydrogens is 340 g/mol. The largest absolute Gasteiger partial charge is 0.337 e. The number of rotatable bonds is 6. The van der Waals surface area contributed by atoms with Gasteiger partial charge in [-0.25, -0.2) is 0 Å². The molecule has 1 amide bonds. The summed E-state index contributed by atoms with van der Waals surface area (Å²) in [7, 11) is 2.19. The lowest BCUT2D eigenvalue weighted by molar-refractivity contribution is 0.0611. The van der Waals surface area contributed by atoms with Crippen LogP contribution in [0.15, 0.2) is 59.5 Å². The Hall–Kier alpha value is -1.78. The van der Waals surface area contributed by atoms with Crippen LogP contribution in [0.4, 0.5) is 0 Å². The Labute approximate surface area is 161 Å². The summed E-state index contributed by atoms with van der Waals surface area (Å²) in [6, 6.07) is 19.0. The van der Waals surface area contributed by atoms with Crippen molar-refractivity contribution in [2.24, 2.45) is 0 Å². The summed E-state index contributed by atoms with van der Waals surface area (Å²) in [5.41, 5.74) is 2.17. The first-order valence-corrected chi connectivity index (χ1v) is 10.6. The van der Waals surface area contributed by atoms with E-state index in [1.165, 1.54) is 16.9 Å². The Morgan fingerprint density at radius 2 is 1.88 bits per heavy atom. The highest BCUT2D eigenvalue weighted by Crippen LogP contribution is 2.20. The predicted molar refractivity (Wildman–Crippen MR) is 110 cm³/mol. The molecule has 4 heteroatoms. The molecule has 1 fully saturated rings. The molecule has 2 aromatic rings. The van der Waals surface area contributed by atoms with Crippen molar-refractivity contribution in [1.82, 2.24) is 9.80 Å². The van der Waals surface area contributed by atoms with Gasteiger partial charge in [-0.15, -0.1) is 11.8 Å². The third kappa shape index (κ3) is 4.89. The molecule has 1 aliphatic rings. The van der Waals surface area contributed by atoms with Crippen molar-refractivity contribution in [3.63, 3.8) is 0 Å². The van der Waals surface area contributed by atoms with E-state index in [-0.39, 0.29) is 5.91 Å². The maximum absolute atomic E-state index is 12.8. The molecule has 0 bridgehead atoms. The summed E-state index contributed by atoms with van der Waals surface area (Å²) < 4.78 is 0. The van der Waals surface area contributed by atoms with Crippen LogP contribution in [0.1, 0.15) is 28.8 Å². The molecule has 1 saturated heterocycles. The van der Waals surface area contributed by atoms with Crippen LogP contribution in [0.3, 0.4) is 0 Å². The van der Waals surface area contributed by atoms with Gasteiger partial charge in [0, 0.05) is 36.1 Å². The second kappa shape index (κ2) is 9.24. The quantitative estimate of drug-likeness (QED) is 0.715. The number of likely N-dealkylation sites (tertiary alicyclic amines) is 1. The molecular formula is C22H28N2OS. The fraction of sp³-hybridized carbons (Fsp3) is 0.409. The highest BCUT2D eigenvalue weighted by atomic mass is 32.2. The van der Waals surface area contributed by atoms with E-state index in [1.807, 2.05) is 29.2 Å². The van der Waals surface area contributed by atoms with Gasteiger partial charge in [-0.2, -0.15) is 0 Å². The predicted octanol–water partition coefficient (Wildman–Crippen LogP) is 4.19. The second-order valence-electron chi connectivity index (χ2n) is 6.99. The number of carbonyl (C=O) groups excluding carboxylic acids is 1. The lowest BCUT2D eigenvalue weighted by Gasteiger charge is -2.37. The summed E-state index contributed by atoms with van der Waals surface area (Å²) in [5, 5.41) is 0. The van der Waals surface area contributed by atoms with Crippen molar-refractivity contribution < 1.29 is 4.79 Å². The van der Waals surface area contributed by atoms with Crippen molar-refractivity contribution in [1.29, 1.82) is 0 Å². The number of nitrogens with zero attached hydrogens (tertiary/aromatic N) is 2. The molecule has 3 nitrogen and oxygen atoms in total. The zero-order valence-corrected chi connectivity index (χ0v) is 16.5. The molecule has 138 valence electrons. The van der Waals surface area contributed by atoms with Crippen LogP contribution in [0, 0.1) is 0 Å². The van der Waals surface area contributed by atoms with Crippen molar-refractivity contribution >= 4 is 17.7 Å². The lowest BCUT2D eigenvalue weighted by atomic mass is 10.0. The smallest absolute Gasteiger partial charge is 0.253 e. The van der Waals surface area contributed by atoms with E-state index in [1.54, 1.807) is 11.8 Å². The van der Waals surface area contributed by atoms with Crippen molar-refractivity contribution in [2.45, 2.75) is 30.2 Å². The summed E-state index contributed by atoms with van der Waals surface area (Å²) in [6.45, 7) is 2.72. The van der Waals surface area contributed by atoms with Crippen molar-refractivity contribution in [2.75, 3.05) is 32.9 Å². The van der Waals surface area contributed by atoms with Crippen LogP contribution < -0.4 is 0 Å². The van der Waals surface area contributed by atoms with Crippen LogP contribution in [-0.2, 0) is 6.42 Å². The van der Waals surface area contributed by atoms with Crippen LogP contribution in [0.25, 0.3) is 0 Å². The van der Waals surface area contributed by atoms with Gasteiger partial charge in [0.05, 0.1) is 0 Å².